The molecule has 0 spiro atoms. The Bertz CT molecular complexity index is 924. The molecule has 3 heterocycles. The van der Waals surface area contributed by atoms with Gasteiger partial charge in [-0.1, -0.05) is 6.07 Å². The molecular formula is C22H33N7OS2. The monoisotopic (exact) mass is 475 g/mol. The van der Waals surface area contributed by atoms with E-state index in [1.165, 1.54) is 91.8 Å². The zero-order chi connectivity index (χ0) is 20.8. The van der Waals surface area contributed by atoms with Gasteiger partial charge in [-0.05, 0) is 86.7 Å². The van der Waals surface area contributed by atoms with Crippen LogP contribution in [0.15, 0.2) is 6.07 Å². The van der Waals surface area contributed by atoms with Crippen LogP contribution in [0.5, 0.6) is 6.01 Å². The third-order valence-electron chi connectivity index (χ3n) is 7.30. The van der Waals surface area contributed by atoms with E-state index in [4.69, 9.17) is 4.18 Å². The van der Waals surface area contributed by atoms with Gasteiger partial charge in [0, 0.05) is 31.9 Å². The first-order valence-electron chi connectivity index (χ1n) is 11.7. The van der Waals surface area contributed by atoms with Crippen LogP contribution in [0, 0.1) is 0 Å². The summed E-state index contributed by atoms with van der Waals surface area (Å²) < 4.78 is 7.83. The van der Waals surface area contributed by atoms with E-state index in [-0.39, 0.29) is 13.5 Å². The second-order valence-electron chi connectivity index (χ2n) is 9.22. The number of H-pyrrole nitrogens is 1. The minimum Gasteiger partial charge on any atom is -0.370 e. The second kappa shape index (κ2) is 9.42. The maximum atomic E-state index is 5.78. The number of nitrogens with one attached hydrogen (secondary N) is 2. The van der Waals surface area contributed by atoms with Crippen molar-refractivity contribution in [2.45, 2.75) is 57.4 Å². The molecule has 0 saturated carbocycles. The first kappa shape index (κ1) is 22.3. The van der Waals surface area contributed by atoms with Gasteiger partial charge in [-0.3, -0.25) is 4.90 Å². The molecule has 2 aliphatic heterocycles. The number of likely N-dealkylation sites (tertiary alicyclic amines) is 1. The number of aryl methyl sites for hydroxylation is 2. The Morgan fingerprint density at radius 3 is 2.44 bits per heavy atom. The van der Waals surface area contributed by atoms with E-state index in [1.54, 1.807) is 0 Å². The lowest BCUT2D eigenvalue weighted by Gasteiger charge is -2.46. The summed E-state index contributed by atoms with van der Waals surface area (Å²) in [6.45, 7) is 4.65. The maximum Gasteiger partial charge on any atom is 0.350 e. The summed E-state index contributed by atoms with van der Waals surface area (Å²) in [4.78, 5) is 7.15. The second-order valence-corrected chi connectivity index (χ2v) is 10.1. The molecular weight excluding hydrogens is 442 g/mol. The molecule has 0 bridgehead atoms. The van der Waals surface area contributed by atoms with Crippen molar-refractivity contribution in [1.82, 2.24) is 29.5 Å². The first-order chi connectivity index (χ1) is 15.2. The highest BCUT2D eigenvalue weighted by molar-refractivity contribution is 7.92. The van der Waals surface area contributed by atoms with Crippen molar-refractivity contribution in [1.29, 1.82) is 0 Å². The van der Waals surface area contributed by atoms with E-state index in [1.807, 2.05) is 11.5 Å². The van der Waals surface area contributed by atoms with Crippen LogP contribution in [-0.2, 0) is 25.7 Å². The van der Waals surface area contributed by atoms with Crippen LogP contribution in [-0.4, -0.2) is 68.8 Å². The summed E-state index contributed by atoms with van der Waals surface area (Å²) in [6, 6.07) is 3.50. The van der Waals surface area contributed by atoms with Crippen LogP contribution in [0.1, 0.15) is 47.9 Å². The van der Waals surface area contributed by atoms with Gasteiger partial charge in [-0.15, -0.1) is 5.10 Å². The molecule has 0 atom stereocenters. The fraction of sp³-hybridized carbons (Fsp3) is 0.636. The Morgan fingerprint density at radius 2 is 1.75 bits per heavy atom. The first-order valence-corrected chi connectivity index (χ1v) is 12.4. The van der Waals surface area contributed by atoms with Crippen molar-refractivity contribution in [2.24, 2.45) is 0 Å². The number of hydrazine groups is 1. The summed E-state index contributed by atoms with van der Waals surface area (Å²) in [6.07, 6.45) is 9.88. The molecule has 174 valence electrons. The number of benzene rings is 1. The Hall–Kier alpha value is -1.46. The molecule has 0 radical (unpaired) electrons. The lowest BCUT2D eigenvalue weighted by molar-refractivity contribution is -0.0455. The fourth-order valence-electron chi connectivity index (χ4n) is 5.56. The van der Waals surface area contributed by atoms with E-state index in [0.29, 0.717) is 18.0 Å². The molecule has 10 heteroatoms. The number of hydrogen-bond acceptors (Lipinski definition) is 8. The van der Waals surface area contributed by atoms with Gasteiger partial charge in [-0.2, -0.15) is 22.9 Å². The number of nitrogens with zero attached hydrogens (tertiary/aromatic N) is 5. The number of aromatic nitrogens is 3. The zero-order valence-corrected chi connectivity index (χ0v) is 20.5. The average molecular weight is 476 g/mol. The van der Waals surface area contributed by atoms with Gasteiger partial charge in [0.2, 0.25) is 5.95 Å². The average Bonchev–Trinajstić information content (AvgIpc) is 3.51. The van der Waals surface area contributed by atoms with Crippen LogP contribution in [0.4, 0.5) is 11.6 Å². The van der Waals surface area contributed by atoms with Crippen molar-refractivity contribution >= 4 is 37.4 Å². The number of hydrogen-bond donors (Lipinski definition) is 2. The maximum absolute atomic E-state index is 5.78. The van der Waals surface area contributed by atoms with Crippen LogP contribution >= 0.6 is 25.7 Å². The third kappa shape index (κ3) is 4.23. The molecule has 2 fully saturated rings. The molecule has 0 unspecified atom stereocenters. The van der Waals surface area contributed by atoms with Crippen molar-refractivity contribution in [3.05, 3.63) is 28.3 Å². The molecule has 6 rings (SSSR count). The lowest BCUT2D eigenvalue weighted by Crippen LogP contribution is -2.61. The molecule has 2 saturated heterocycles. The van der Waals surface area contributed by atoms with Gasteiger partial charge < -0.3 is 9.50 Å². The number of anilines is 2. The van der Waals surface area contributed by atoms with E-state index in [2.05, 4.69) is 36.5 Å². The highest BCUT2D eigenvalue weighted by atomic mass is 32.2. The Labute approximate surface area is 201 Å². The van der Waals surface area contributed by atoms with Crippen molar-refractivity contribution < 1.29 is 4.18 Å². The molecule has 4 aliphatic rings. The highest BCUT2D eigenvalue weighted by Gasteiger charge is 2.35. The SMILES string of the molecule is CN(SOc1n[nH]c(Nc2c3c(cc4c2CCC4)CCC3)n1)N1CC(N2CCCC2)C1.S. The van der Waals surface area contributed by atoms with Gasteiger partial charge in [-0.25, -0.2) is 10.1 Å². The standard InChI is InChI=1S/C22H31N7OS.H2S/c1-27(29-13-17(14-29)28-10-2-3-11-28)31-30-22-24-21(25-26-22)23-20-18-8-4-6-15(18)12-16-7-5-9-19(16)20;/h12,17H,2-11,13-14H2,1H3,(H2,23,24,25,26);1H2. The lowest BCUT2D eigenvalue weighted by atomic mass is 9.99. The summed E-state index contributed by atoms with van der Waals surface area (Å²) >= 11 is 1.29. The minimum atomic E-state index is 0. The molecule has 0 amide bonds. The van der Waals surface area contributed by atoms with E-state index >= 15 is 0 Å². The van der Waals surface area contributed by atoms with Crippen molar-refractivity contribution in [3.8, 4) is 6.01 Å². The van der Waals surface area contributed by atoms with Crippen LogP contribution in [0.2, 0.25) is 0 Å². The minimum absolute atomic E-state index is 0. The zero-order valence-electron chi connectivity index (χ0n) is 18.7. The molecule has 2 aliphatic carbocycles. The molecule has 1 aromatic carbocycles. The molecule has 2 aromatic rings. The highest BCUT2D eigenvalue weighted by Crippen LogP contribution is 2.39. The predicted octanol–water partition coefficient (Wildman–Crippen LogP) is 3.21. The van der Waals surface area contributed by atoms with Gasteiger partial charge in [0.1, 0.15) is 0 Å². The van der Waals surface area contributed by atoms with Gasteiger partial charge in [0.25, 0.3) is 0 Å². The fourth-order valence-corrected chi connectivity index (χ4v) is 6.04. The summed E-state index contributed by atoms with van der Waals surface area (Å²) in [7, 11) is 2.03. The Balaban J connectivity index is 0.00000216. The number of aromatic amines is 1. The van der Waals surface area contributed by atoms with E-state index in [0.717, 1.165) is 25.9 Å². The van der Waals surface area contributed by atoms with Gasteiger partial charge >= 0.3 is 6.01 Å². The van der Waals surface area contributed by atoms with Gasteiger partial charge in [0.05, 0.1) is 0 Å². The van der Waals surface area contributed by atoms with Gasteiger partial charge in [0.15, 0.2) is 12.2 Å². The van der Waals surface area contributed by atoms with E-state index < -0.39 is 0 Å². The summed E-state index contributed by atoms with van der Waals surface area (Å²) in [5.41, 5.74) is 7.23. The number of fused-ring (bicyclic) bond motifs is 2. The smallest absolute Gasteiger partial charge is 0.350 e. The molecule has 1 aromatic heterocycles. The van der Waals surface area contributed by atoms with Crippen molar-refractivity contribution in [3.63, 3.8) is 0 Å². The van der Waals surface area contributed by atoms with Crippen LogP contribution in [0.25, 0.3) is 0 Å². The molecule has 2 N–H and O–H groups in total. The number of rotatable bonds is 7. The largest absolute Gasteiger partial charge is 0.370 e. The molecule has 8 nitrogen and oxygen atoms in total. The van der Waals surface area contributed by atoms with Crippen LogP contribution in [0.3, 0.4) is 0 Å². The van der Waals surface area contributed by atoms with Crippen molar-refractivity contribution in [2.75, 3.05) is 38.5 Å². The normalized spacial score (nSPS) is 20.8. The molecule has 32 heavy (non-hydrogen) atoms. The Morgan fingerprint density at radius 1 is 1.06 bits per heavy atom. The predicted molar refractivity (Wildman–Crippen MR) is 133 cm³/mol. The topological polar surface area (TPSA) is 72.5 Å². The quantitative estimate of drug-likeness (QED) is 0.467. The summed E-state index contributed by atoms with van der Waals surface area (Å²) in [5.74, 6) is 0.658. The third-order valence-corrected chi connectivity index (χ3v) is 7.97. The summed E-state index contributed by atoms with van der Waals surface area (Å²) in [5, 5.41) is 13.1. The Kier molecular flexibility index (Phi) is 6.58. The van der Waals surface area contributed by atoms with E-state index in [9.17, 15) is 0 Å². The van der Waals surface area contributed by atoms with Crippen LogP contribution < -0.4 is 9.50 Å².